The third kappa shape index (κ3) is 3.37. The average Bonchev–Trinajstić information content (AvgIpc) is 3.10. The van der Waals surface area contributed by atoms with E-state index >= 15 is 0 Å². The zero-order valence-corrected chi connectivity index (χ0v) is 13.4. The van der Waals surface area contributed by atoms with Gasteiger partial charge in [0.1, 0.15) is 4.64 Å². The van der Waals surface area contributed by atoms with Gasteiger partial charge in [-0.3, -0.25) is 4.79 Å². The molecule has 0 aliphatic rings. The maximum Gasteiger partial charge on any atom is 0.254 e. The Morgan fingerprint density at radius 1 is 1.35 bits per heavy atom. The number of aromatic amines is 1. The first-order valence-corrected chi connectivity index (χ1v) is 7.63. The van der Waals surface area contributed by atoms with Gasteiger partial charge in [-0.15, -0.1) is 0 Å². The molecule has 2 N–H and O–H groups in total. The van der Waals surface area contributed by atoms with Gasteiger partial charge in [-0.05, 0) is 36.8 Å². The van der Waals surface area contributed by atoms with E-state index in [4.69, 9.17) is 12.2 Å². The molecule has 0 bridgehead atoms. The molecule has 0 aliphatic carbocycles. The van der Waals surface area contributed by atoms with E-state index in [-0.39, 0.29) is 11.9 Å². The molecule has 116 valence electrons. The maximum absolute atomic E-state index is 12.3. The molecular formula is C17H16N4OS. The number of hydrogen-bond acceptors (Lipinski definition) is 3. The molecule has 2 aromatic heterocycles. The monoisotopic (exact) mass is 324 g/mol. The number of nitrogens with one attached hydrogen (secondary N) is 2. The number of rotatable bonds is 4. The number of pyridine rings is 1. The molecule has 1 atom stereocenters. The van der Waals surface area contributed by atoms with Crippen LogP contribution < -0.4 is 5.32 Å². The Labute approximate surface area is 139 Å². The van der Waals surface area contributed by atoms with Crippen LogP contribution in [0.2, 0.25) is 0 Å². The zero-order chi connectivity index (χ0) is 16.2. The van der Waals surface area contributed by atoms with Crippen molar-refractivity contribution in [2.24, 2.45) is 0 Å². The smallest absolute Gasteiger partial charge is 0.254 e. The summed E-state index contributed by atoms with van der Waals surface area (Å²) in [5.74, 6) is -0.188. The molecule has 0 fully saturated rings. The van der Waals surface area contributed by atoms with E-state index in [0.29, 0.717) is 10.2 Å². The summed E-state index contributed by atoms with van der Waals surface area (Å²) in [4.78, 5) is 19.3. The Morgan fingerprint density at radius 3 is 2.96 bits per heavy atom. The molecule has 1 aromatic carbocycles. The first-order chi connectivity index (χ1) is 11.1. The van der Waals surface area contributed by atoms with Gasteiger partial charge in [0, 0.05) is 24.3 Å². The minimum Gasteiger partial charge on any atom is -0.352 e. The van der Waals surface area contributed by atoms with Crippen molar-refractivity contribution in [3.63, 3.8) is 0 Å². The van der Waals surface area contributed by atoms with E-state index in [0.717, 1.165) is 11.3 Å². The van der Waals surface area contributed by atoms with Crippen LogP contribution in [0.4, 0.5) is 0 Å². The van der Waals surface area contributed by atoms with Gasteiger partial charge in [-0.2, -0.15) is 0 Å². The third-order valence-electron chi connectivity index (χ3n) is 3.58. The lowest BCUT2D eigenvalue weighted by Crippen LogP contribution is -2.27. The van der Waals surface area contributed by atoms with Crippen LogP contribution in [0.15, 0.2) is 61.3 Å². The van der Waals surface area contributed by atoms with Gasteiger partial charge in [0.15, 0.2) is 0 Å². The van der Waals surface area contributed by atoms with E-state index < -0.39 is 0 Å². The lowest BCUT2D eigenvalue weighted by Gasteiger charge is -2.15. The molecule has 0 radical (unpaired) electrons. The minimum atomic E-state index is -0.188. The largest absolute Gasteiger partial charge is 0.352 e. The predicted molar refractivity (Wildman–Crippen MR) is 91.1 cm³/mol. The number of benzene rings is 1. The van der Waals surface area contributed by atoms with E-state index in [1.165, 1.54) is 0 Å². The fourth-order valence-electron chi connectivity index (χ4n) is 2.32. The van der Waals surface area contributed by atoms with Crippen LogP contribution in [0.1, 0.15) is 28.9 Å². The first kappa shape index (κ1) is 15.2. The summed E-state index contributed by atoms with van der Waals surface area (Å²) < 4.78 is 2.36. The number of carbonyl (C=O) groups is 1. The molecule has 0 saturated carbocycles. The highest BCUT2D eigenvalue weighted by Crippen LogP contribution is 2.17. The Hall–Kier alpha value is -2.73. The Balaban J connectivity index is 1.80. The molecule has 3 aromatic rings. The van der Waals surface area contributed by atoms with Gasteiger partial charge >= 0.3 is 0 Å². The van der Waals surface area contributed by atoms with E-state index in [9.17, 15) is 4.79 Å². The lowest BCUT2D eigenvalue weighted by atomic mass is 10.1. The molecule has 0 aliphatic heterocycles. The topological polar surface area (TPSA) is 62.7 Å². The van der Waals surface area contributed by atoms with Gasteiger partial charge in [-0.25, -0.2) is 4.98 Å². The second-order valence-corrected chi connectivity index (χ2v) is 5.58. The van der Waals surface area contributed by atoms with Crippen LogP contribution in [0.5, 0.6) is 0 Å². The van der Waals surface area contributed by atoms with Crippen molar-refractivity contribution in [2.75, 3.05) is 0 Å². The van der Waals surface area contributed by atoms with Crippen molar-refractivity contribution in [1.82, 2.24) is 19.9 Å². The van der Waals surface area contributed by atoms with E-state index in [1.807, 2.05) is 42.0 Å². The van der Waals surface area contributed by atoms with Gasteiger partial charge in [-0.1, -0.05) is 24.4 Å². The van der Waals surface area contributed by atoms with Crippen LogP contribution in [0, 0.1) is 4.64 Å². The van der Waals surface area contributed by atoms with Gasteiger partial charge < -0.3 is 14.9 Å². The normalized spacial score (nSPS) is 11.9. The molecule has 1 amide bonds. The molecule has 2 heterocycles. The van der Waals surface area contributed by atoms with Crippen LogP contribution in [0.25, 0.3) is 5.69 Å². The number of amides is 1. The summed E-state index contributed by atoms with van der Waals surface area (Å²) in [6.07, 6.45) is 7.06. The predicted octanol–water partition coefficient (Wildman–Crippen LogP) is 3.42. The van der Waals surface area contributed by atoms with Crippen molar-refractivity contribution in [3.05, 3.63) is 77.1 Å². The molecule has 1 unspecified atom stereocenters. The van der Waals surface area contributed by atoms with Crippen molar-refractivity contribution in [3.8, 4) is 5.69 Å². The highest BCUT2D eigenvalue weighted by atomic mass is 32.1. The van der Waals surface area contributed by atoms with Crippen molar-refractivity contribution < 1.29 is 4.79 Å². The molecule has 23 heavy (non-hydrogen) atoms. The maximum atomic E-state index is 12.3. The van der Waals surface area contributed by atoms with E-state index in [1.54, 1.807) is 30.9 Å². The summed E-state index contributed by atoms with van der Waals surface area (Å²) in [5.41, 5.74) is 2.48. The van der Waals surface area contributed by atoms with Crippen molar-refractivity contribution >= 4 is 18.1 Å². The van der Waals surface area contributed by atoms with Crippen molar-refractivity contribution in [1.29, 1.82) is 0 Å². The molecule has 0 spiro atoms. The third-order valence-corrected chi connectivity index (χ3v) is 3.92. The summed E-state index contributed by atoms with van der Waals surface area (Å²) in [5, 5.41) is 2.98. The Morgan fingerprint density at radius 2 is 2.22 bits per heavy atom. The highest BCUT2D eigenvalue weighted by molar-refractivity contribution is 7.71. The second kappa shape index (κ2) is 6.58. The second-order valence-electron chi connectivity index (χ2n) is 5.17. The molecule has 5 nitrogen and oxygen atoms in total. The molecule has 3 rings (SSSR count). The number of aromatic nitrogens is 3. The summed E-state index contributed by atoms with van der Waals surface area (Å²) in [7, 11) is 0. The fraction of sp³-hybridized carbons (Fsp3) is 0.118. The average molecular weight is 324 g/mol. The summed E-state index contributed by atoms with van der Waals surface area (Å²) in [6, 6.07) is 11.3. The minimum absolute atomic E-state index is 0.138. The van der Waals surface area contributed by atoms with Gasteiger partial charge in [0.05, 0.1) is 17.9 Å². The quantitative estimate of drug-likeness (QED) is 0.723. The molecular weight excluding hydrogens is 308 g/mol. The lowest BCUT2D eigenvalue weighted by molar-refractivity contribution is 0.0939. The van der Waals surface area contributed by atoms with Crippen LogP contribution in [-0.2, 0) is 0 Å². The highest BCUT2D eigenvalue weighted by Gasteiger charge is 2.13. The summed E-state index contributed by atoms with van der Waals surface area (Å²) >= 11 is 5.15. The van der Waals surface area contributed by atoms with Gasteiger partial charge in [0.2, 0.25) is 0 Å². The Bertz CT molecular complexity index is 870. The van der Waals surface area contributed by atoms with Crippen LogP contribution >= 0.6 is 12.2 Å². The Kier molecular flexibility index (Phi) is 4.34. The van der Waals surface area contributed by atoms with Crippen molar-refractivity contribution in [2.45, 2.75) is 13.0 Å². The molecule has 0 saturated heterocycles. The SMILES string of the molecule is CC(NC(=O)c1ccc[nH]c1=S)c1cccc(-n2ccnc2)c1. The zero-order valence-electron chi connectivity index (χ0n) is 12.6. The standard InChI is InChI=1S/C17H16N4OS/c1-12(20-16(22)15-6-3-7-19-17(15)23)13-4-2-5-14(10-13)21-9-8-18-11-21/h2-12H,1H3,(H,19,23)(H,20,22). The molecule has 6 heteroatoms. The first-order valence-electron chi connectivity index (χ1n) is 7.22. The number of carbonyl (C=O) groups excluding carboxylic acids is 1. The summed E-state index contributed by atoms with van der Waals surface area (Å²) in [6.45, 7) is 1.95. The number of imidazole rings is 1. The van der Waals surface area contributed by atoms with Crippen LogP contribution in [-0.4, -0.2) is 20.4 Å². The van der Waals surface area contributed by atoms with E-state index in [2.05, 4.69) is 15.3 Å². The number of H-pyrrole nitrogens is 1. The van der Waals surface area contributed by atoms with Crippen LogP contribution in [0.3, 0.4) is 0 Å². The number of nitrogens with zero attached hydrogens (tertiary/aromatic N) is 2. The number of hydrogen-bond donors (Lipinski definition) is 2. The fourth-order valence-corrected chi connectivity index (χ4v) is 2.55. The van der Waals surface area contributed by atoms with Gasteiger partial charge in [0.25, 0.3) is 5.91 Å².